The molecule has 0 heterocycles. The number of nitrogens with two attached hydrogens (primary N) is 2. The van der Waals surface area contributed by atoms with Gasteiger partial charge in [-0.25, -0.2) is 0 Å². The quantitative estimate of drug-likeness (QED) is 0.406. The normalized spacial score (nSPS) is 21.5. The smallest absolute Gasteiger partial charge is 0.0253 e. The van der Waals surface area contributed by atoms with Gasteiger partial charge in [-0.1, -0.05) is 0 Å². The second kappa shape index (κ2) is 6.06. The second-order valence-electron chi connectivity index (χ2n) is 2.86. The fourth-order valence-electron chi connectivity index (χ4n) is 0.909. The molecule has 2 nitrogen and oxygen atoms in total. The standard InChI is InChI=1S/C6H18N2P2S2/c7-1-5(12)6(10,3-11)4(8)2-9/h4-5,11-12H,1-3,7-10H2. The molecule has 0 rings (SSSR count). The van der Waals surface area contributed by atoms with Crippen LogP contribution in [0, 0.1) is 0 Å². The minimum Gasteiger partial charge on any atom is -0.329 e. The highest BCUT2D eigenvalue weighted by Gasteiger charge is 2.35. The first-order chi connectivity index (χ1) is 5.52. The summed E-state index contributed by atoms with van der Waals surface area (Å²) in [5.74, 6) is 0.679. The van der Waals surface area contributed by atoms with Crippen molar-refractivity contribution in [3.63, 3.8) is 0 Å². The van der Waals surface area contributed by atoms with Crippen molar-refractivity contribution in [3.8, 4) is 0 Å². The van der Waals surface area contributed by atoms with Crippen molar-refractivity contribution >= 4 is 43.7 Å². The van der Waals surface area contributed by atoms with E-state index in [2.05, 4.69) is 43.7 Å². The van der Waals surface area contributed by atoms with Crippen molar-refractivity contribution in [2.75, 3.05) is 18.5 Å². The first-order valence-corrected chi connectivity index (χ1v) is 6.30. The van der Waals surface area contributed by atoms with Gasteiger partial charge in [0.15, 0.2) is 0 Å². The van der Waals surface area contributed by atoms with Gasteiger partial charge in [-0.2, -0.15) is 25.3 Å². The average molecular weight is 244 g/mol. The Kier molecular flexibility index (Phi) is 6.80. The van der Waals surface area contributed by atoms with Crippen LogP contribution < -0.4 is 11.5 Å². The minimum atomic E-state index is -0.164. The average Bonchev–Trinajstić information content (AvgIpc) is 2.13. The van der Waals surface area contributed by atoms with Crippen LogP contribution in [0.25, 0.3) is 0 Å². The summed E-state index contributed by atoms with van der Waals surface area (Å²) in [6, 6.07) is 0.0519. The summed E-state index contributed by atoms with van der Waals surface area (Å²) in [6.45, 7) is 0.519. The molecule has 0 aliphatic rings. The van der Waals surface area contributed by atoms with Gasteiger partial charge in [0.25, 0.3) is 0 Å². The number of thiol groups is 2. The van der Waals surface area contributed by atoms with Crippen LogP contribution in [-0.4, -0.2) is 34.9 Å². The molecule has 0 fully saturated rings. The Morgan fingerprint density at radius 2 is 2.00 bits per heavy atom. The van der Waals surface area contributed by atoms with Crippen LogP contribution in [0.4, 0.5) is 0 Å². The van der Waals surface area contributed by atoms with Crippen molar-refractivity contribution in [1.82, 2.24) is 0 Å². The lowest BCUT2D eigenvalue weighted by Crippen LogP contribution is -2.54. The summed E-state index contributed by atoms with van der Waals surface area (Å²) in [5, 5.41) is -0.0848. The lowest BCUT2D eigenvalue weighted by molar-refractivity contribution is 0.531. The van der Waals surface area contributed by atoms with E-state index in [-0.39, 0.29) is 16.4 Å². The molecule has 6 heteroatoms. The molecule has 0 spiro atoms. The van der Waals surface area contributed by atoms with E-state index in [0.717, 1.165) is 6.16 Å². The summed E-state index contributed by atoms with van der Waals surface area (Å²) in [6.07, 6.45) is 0.834. The van der Waals surface area contributed by atoms with E-state index >= 15 is 0 Å². The summed E-state index contributed by atoms with van der Waals surface area (Å²) in [5.41, 5.74) is 11.5. The van der Waals surface area contributed by atoms with Crippen LogP contribution in [0.15, 0.2) is 0 Å². The Morgan fingerprint density at radius 1 is 1.50 bits per heavy atom. The zero-order valence-electron chi connectivity index (χ0n) is 6.98. The Labute approximate surface area is 90.2 Å². The lowest BCUT2D eigenvalue weighted by atomic mass is 9.98. The maximum atomic E-state index is 5.94. The SMILES string of the molecule is NCC(S)C(P)(CS)C(N)CP. The molecule has 0 aromatic carbocycles. The van der Waals surface area contributed by atoms with Crippen LogP contribution in [0.3, 0.4) is 0 Å². The fourth-order valence-corrected chi connectivity index (χ4v) is 2.77. The van der Waals surface area contributed by atoms with Gasteiger partial charge in [0.2, 0.25) is 0 Å². The number of rotatable bonds is 5. The molecule has 5 unspecified atom stereocenters. The largest absolute Gasteiger partial charge is 0.329 e. The zero-order valence-corrected chi connectivity index (χ0v) is 11.1. The van der Waals surface area contributed by atoms with E-state index in [1.807, 2.05) is 0 Å². The first kappa shape index (κ1) is 13.5. The molecule has 4 N–H and O–H groups in total. The van der Waals surface area contributed by atoms with Gasteiger partial charge < -0.3 is 11.5 Å². The molecule has 0 aromatic heterocycles. The maximum Gasteiger partial charge on any atom is 0.0253 e. The highest BCUT2D eigenvalue weighted by molar-refractivity contribution is 7.82. The van der Waals surface area contributed by atoms with Gasteiger partial charge in [-0.15, -0.1) is 18.5 Å². The van der Waals surface area contributed by atoms with Crippen molar-refractivity contribution in [2.45, 2.75) is 16.4 Å². The van der Waals surface area contributed by atoms with Crippen molar-refractivity contribution < 1.29 is 0 Å². The minimum absolute atomic E-state index is 0.0519. The Balaban J connectivity index is 4.42. The molecular formula is C6H18N2P2S2. The monoisotopic (exact) mass is 244 g/mol. The van der Waals surface area contributed by atoms with E-state index in [9.17, 15) is 0 Å². The molecule has 74 valence electrons. The van der Waals surface area contributed by atoms with Crippen LogP contribution in [-0.2, 0) is 0 Å². The summed E-state index contributed by atoms with van der Waals surface area (Å²) >= 11 is 8.67. The third-order valence-electron chi connectivity index (χ3n) is 2.06. The van der Waals surface area contributed by atoms with Gasteiger partial charge in [0.05, 0.1) is 0 Å². The summed E-state index contributed by atoms with van der Waals surface area (Å²) in [7, 11) is 5.37. The molecule has 0 saturated carbocycles. The second-order valence-corrected chi connectivity index (χ2v) is 5.35. The molecule has 5 atom stereocenters. The molecule has 0 bridgehead atoms. The summed E-state index contributed by atoms with van der Waals surface area (Å²) in [4.78, 5) is 0. The van der Waals surface area contributed by atoms with E-state index in [0.29, 0.717) is 12.3 Å². The Morgan fingerprint density at radius 3 is 2.25 bits per heavy atom. The highest BCUT2D eigenvalue weighted by Crippen LogP contribution is 2.31. The van der Waals surface area contributed by atoms with E-state index < -0.39 is 0 Å². The van der Waals surface area contributed by atoms with Gasteiger partial charge in [-0.05, 0) is 6.16 Å². The van der Waals surface area contributed by atoms with Crippen molar-refractivity contribution in [1.29, 1.82) is 0 Å². The van der Waals surface area contributed by atoms with Gasteiger partial charge in [0, 0.05) is 28.7 Å². The Bertz CT molecular complexity index is 127. The van der Waals surface area contributed by atoms with Crippen molar-refractivity contribution in [2.24, 2.45) is 11.5 Å². The predicted octanol–water partition coefficient (Wildman–Crippen LogP) is -0.0104. The topological polar surface area (TPSA) is 52.0 Å². The molecule has 0 saturated heterocycles. The molecule has 0 aromatic rings. The van der Waals surface area contributed by atoms with E-state index in [1.54, 1.807) is 0 Å². The van der Waals surface area contributed by atoms with Crippen LogP contribution in [0.5, 0.6) is 0 Å². The van der Waals surface area contributed by atoms with E-state index in [4.69, 9.17) is 11.5 Å². The molecule has 0 aliphatic carbocycles. The third kappa shape index (κ3) is 3.01. The fraction of sp³-hybridized carbons (Fsp3) is 1.00. The molecular weight excluding hydrogens is 226 g/mol. The molecule has 0 amide bonds. The lowest BCUT2D eigenvalue weighted by Gasteiger charge is -2.37. The van der Waals surface area contributed by atoms with Crippen LogP contribution in [0.1, 0.15) is 0 Å². The Hall–Kier alpha value is 1.48. The molecule has 12 heavy (non-hydrogen) atoms. The maximum absolute atomic E-state index is 5.94. The van der Waals surface area contributed by atoms with E-state index in [1.165, 1.54) is 0 Å². The molecule has 0 radical (unpaired) electrons. The van der Waals surface area contributed by atoms with Crippen molar-refractivity contribution in [3.05, 3.63) is 0 Å². The van der Waals surface area contributed by atoms with Gasteiger partial charge in [0.1, 0.15) is 0 Å². The first-order valence-electron chi connectivity index (χ1n) is 3.76. The number of hydrogen-bond acceptors (Lipinski definition) is 4. The zero-order chi connectivity index (χ0) is 9.78. The highest BCUT2D eigenvalue weighted by atomic mass is 32.1. The predicted molar refractivity (Wildman–Crippen MR) is 70.7 cm³/mol. The summed E-state index contributed by atoms with van der Waals surface area (Å²) < 4.78 is 0. The van der Waals surface area contributed by atoms with Gasteiger partial charge in [-0.3, -0.25) is 0 Å². The molecule has 0 aliphatic heterocycles. The van der Waals surface area contributed by atoms with Gasteiger partial charge >= 0.3 is 0 Å². The van der Waals surface area contributed by atoms with Crippen LogP contribution >= 0.6 is 43.7 Å². The van der Waals surface area contributed by atoms with Crippen LogP contribution in [0.2, 0.25) is 0 Å². The number of hydrogen-bond donors (Lipinski definition) is 4. The third-order valence-corrected chi connectivity index (χ3v) is 5.47.